The van der Waals surface area contributed by atoms with Crippen LogP contribution in [0.3, 0.4) is 0 Å². The van der Waals surface area contributed by atoms with Gasteiger partial charge in [-0.05, 0) is 31.4 Å². The van der Waals surface area contributed by atoms with E-state index in [9.17, 15) is 9.59 Å². The fraction of sp³-hybridized carbons (Fsp3) is 0.273. The van der Waals surface area contributed by atoms with Gasteiger partial charge in [-0.3, -0.25) is 0 Å². The minimum absolute atomic E-state index is 0.113. The monoisotopic (exact) mass is 384 g/mol. The number of carbonyl (C=O) groups is 2. The lowest BCUT2D eigenvalue weighted by atomic mass is 10.1. The maximum Gasteiger partial charge on any atom is 0.333 e. The predicted octanol–water partition coefficient (Wildman–Crippen LogP) is 3.84. The summed E-state index contributed by atoms with van der Waals surface area (Å²) in [7, 11) is 0. The topological polar surface area (TPSA) is 71.1 Å². The first-order valence-corrected chi connectivity index (χ1v) is 8.82. The summed E-state index contributed by atoms with van der Waals surface area (Å²) in [6.07, 6.45) is 0. The molecule has 0 saturated carbocycles. The third kappa shape index (κ3) is 5.87. The summed E-state index contributed by atoms with van der Waals surface area (Å²) in [5.41, 5.74) is 0.682. The van der Waals surface area contributed by atoms with Crippen molar-refractivity contribution >= 4 is 22.7 Å². The van der Waals surface area contributed by atoms with Crippen LogP contribution < -0.4 is 9.47 Å². The first-order chi connectivity index (χ1) is 13.4. The molecule has 0 N–H and O–H groups in total. The minimum atomic E-state index is -0.449. The molecular weight excluding hydrogens is 360 g/mol. The third-order valence-corrected chi connectivity index (χ3v) is 3.67. The van der Waals surface area contributed by atoms with Crippen LogP contribution in [0, 0.1) is 0 Å². The molecule has 0 atom stereocenters. The molecule has 2 aromatic carbocycles. The molecule has 0 saturated heterocycles. The molecule has 0 radical (unpaired) electrons. The zero-order valence-corrected chi connectivity index (χ0v) is 16.2. The van der Waals surface area contributed by atoms with Gasteiger partial charge in [0.2, 0.25) is 0 Å². The lowest BCUT2D eigenvalue weighted by Gasteiger charge is -2.14. The molecule has 0 amide bonds. The second kappa shape index (κ2) is 10.2. The molecule has 0 unspecified atom stereocenters. The summed E-state index contributed by atoms with van der Waals surface area (Å²) in [6, 6.07) is 11.3. The van der Waals surface area contributed by atoms with Crippen molar-refractivity contribution in [1.29, 1.82) is 0 Å². The van der Waals surface area contributed by atoms with Crippen molar-refractivity contribution < 1.29 is 28.5 Å². The predicted molar refractivity (Wildman–Crippen MR) is 106 cm³/mol. The second-order valence-corrected chi connectivity index (χ2v) is 6.14. The van der Waals surface area contributed by atoms with Crippen molar-refractivity contribution in [3.8, 4) is 11.5 Å². The Hall–Kier alpha value is -3.28. The van der Waals surface area contributed by atoms with Gasteiger partial charge in [0.25, 0.3) is 0 Å². The van der Waals surface area contributed by atoms with Crippen LogP contribution in [0.2, 0.25) is 0 Å². The first-order valence-electron chi connectivity index (χ1n) is 8.82. The minimum Gasteiger partial charge on any atom is -0.489 e. The van der Waals surface area contributed by atoms with E-state index in [2.05, 4.69) is 13.2 Å². The second-order valence-electron chi connectivity index (χ2n) is 6.14. The summed E-state index contributed by atoms with van der Waals surface area (Å²) in [6.45, 7) is 10.9. The molecule has 0 spiro atoms. The van der Waals surface area contributed by atoms with Gasteiger partial charge in [0.15, 0.2) is 0 Å². The Morgan fingerprint density at radius 3 is 1.57 bits per heavy atom. The number of ether oxygens (including phenoxy) is 4. The Morgan fingerprint density at radius 1 is 0.750 bits per heavy atom. The van der Waals surface area contributed by atoms with Gasteiger partial charge in [0, 0.05) is 11.1 Å². The van der Waals surface area contributed by atoms with Crippen molar-refractivity contribution in [2.45, 2.75) is 13.8 Å². The molecule has 0 aliphatic carbocycles. The maximum absolute atomic E-state index is 11.4. The molecule has 6 heteroatoms. The largest absolute Gasteiger partial charge is 0.489 e. The smallest absolute Gasteiger partial charge is 0.333 e. The van der Waals surface area contributed by atoms with Gasteiger partial charge in [0.1, 0.15) is 37.9 Å². The van der Waals surface area contributed by atoms with Crippen LogP contribution in [0.1, 0.15) is 13.8 Å². The highest BCUT2D eigenvalue weighted by molar-refractivity contribution is 5.93. The average molecular weight is 384 g/mol. The molecule has 0 aromatic heterocycles. The summed E-state index contributed by atoms with van der Waals surface area (Å²) >= 11 is 0. The van der Waals surface area contributed by atoms with Crippen molar-refractivity contribution in [3.63, 3.8) is 0 Å². The van der Waals surface area contributed by atoms with Gasteiger partial charge in [-0.15, -0.1) is 0 Å². The van der Waals surface area contributed by atoms with Gasteiger partial charge in [-0.2, -0.15) is 0 Å². The number of hydrogen-bond donors (Lipinski definition) is 0. The first kappa shape index (κ1) is 21.0. The highest BCUT2D eigenvalue weighted by Crippen LogP contribution is 2.34. The zero-order chi connectivity index (χ0) is 20.5. The summed E-state index contributed by atoms with van der Waals surface area (Å²) in [4.78, 5) is 22.8. The summed E-state index contributed by atoms with van der Waals surface area (Å²) in [5.74, 6) is 0.321. The van der Waals surface area contributed by atoms with Crippen LogP contribution in [0.4, 0.5) is 0 Å². The van der Waals surface area contributed by atoms with Gasteiger partial charge in [0.05, 0.1) is 5.39 Å². The number of fused-ring (bicyclic) bond motifs is 1. The molecule has 0 heterocycles. The number of esters is 2. The highest BCUT2D eigenvalue weighted by Gasteiger charge is 2.10. The molecule has 0 aliphatic rings. The van der Waals surface area contributed by atoms with Crippen LogP contribution in [0.5, 0.6) is 11.5 Å². The van der Waals surface area contributed by atoms with Crippen LogP contribution >= 0.6 is 0 Å². The molecule has 2 aromatic rings. The molecule has 6 nitrogen and oxygen atoms in total. The highest BCUT2D eigenvalue weighted by atomic mass is 16.6. The number of benzene rings is 2. The molecule has 28 heavy (non-hydrogen) atoms. The fourth-order valence-electron chi connectivity index (χ4n) is 2.33. The van der Waals surface area contributed by atoms with E-state index >= 15 is 0 Å². The van der Waals surface area contributed by atoms with Crippen molar-refractivity contribution in [1.82, 2.24) is 0 Å². The molecule has 0 aliphatic heterocycles. The van der Waals surface area contributed by atoms with E-state index in [1.54, 1.807) is 13.8 Å². The SMILES string of the molecule is C=C(C)C(=O)OCCOc1cccc2cccc(OCCOC(=O)C(=C)C)c12. The van der Waals surface area contributed by atoms with Crippen molar-refractivity contribution in [3.05, 3.63) is 60.7 Å². The number of carbonyl (C=O) groups excluding carboxylic acids is 2. The van der Waals surface area contributed by atoms with E-state index in [0.29, 0.717) is 22.6 Å². The van der Waals surface area contributed by atoms with Crippen LogP contribution in [-0.4, -0.2) is 38.4 Å². The maximum atomic E-state index is 11.4. The average Bonchev–Trinajstić information content (AvgIpc) is 2.67. The zero-order valence-electron chi connectivity index (χ0n) is 16.2. The summed E-state index contributed by atoms with van der Waals surface area (Å²) < 4.78 is 21.6. The van der Waals surface area contributed by atoms with E-state index in [1.807, 2.05) is 36.4 Å². The Morgan fingerprint density at radius 2 is 1.18 bits per heavy atom. The van der Waals surface area contributed by atoms with E-state index in [4.69, 9.17) is 18.9 Å². The van der Waals surface area contributed by atoms with Crippen molar-refractivity contribution in [2.24, 2.45) is 0 Å². The lowest BCUT2D eigenvalue weighted by Crippen LogP contribution is -2.13. The molecule has 148 valence electrons. The fourth-order valence-corrected chi connectivity index (χ4v) is 2.33. The van der Waals surface area contributed by atoms with Gasteiger partial charge in [-0.25, -0.2) is 9.59 Å². The van der Waals surface area contributed by atoms with Gasteiger partial charge in [-0.1, -0.05) is 37.4 Å². The van der Waals surface area contributed by atoms with Crippen LogP contribution in [0.15, 0.2) is 60.7 Å². The molecule has 0 bridgehead atoms. The van der Waals surface area contributed by atoms with E-state index in [1.165, 1.54) is 0 Å². The van der Waals surface area contributed by atoms with Crippen LogP contribution in [-0.2, 0) is 19.1 Å². The Bertz CT molecular complexity index is 815. The Balaban J connectivity index is 2.02. The normalized spacial score (nSPS) is 10.2. The molecular formula is C22H24O6. The molecule has 0 fully saturated rings. The quantitative estimate of drug-likeness (QED) is 0.352. The van der Waals surface area contributed by atoms with Crippen LogP contribution in [0.25, 0.3) is 10.8 Å². The third-order valence-electron chi connectivity index (χ3n) is 3.67. The van der Waals surface area contributed by atoms with E-state index in [0.717, 1.165) is 10.8 Å². The Labute approximate surface area is 164 Å². The van der Waals surface area contributed by atoms with E-state index in [-0.39, 0.29) is 26.4 Å². The lowest BCUT2D eigenvalue weighted by molar-refractivity contribution is -0.140. The van der Waals surface area contributed by atoms with Gasteiger partial charge < -0.3 is 18.9 Å². The van der Waals surface area contributed by atoms with E-state index < -0.39 is 11.9 Å². The Kier molecular flexibility index (Phi) is 7.63. The number of rotatable bonds is 10. The number of hydrogen-bond acceptors (Lipinski definition) is 6. The standard InChI is InChI=1S/C22H24O6/c1-15(2)21(23)27-13-11-25-18-9-5-7-17-8-6-10-19(20(17)18)26-12-14-28-22(24)16(3)4/h5-10H,1,3,11-14H2,2,4H3. The van der Waals surface area contributed by atoms with Gasteiger partial charge >= 0.3 is 11.9 Å². The summed E-state index contributed by atoms with van der Waals surface area (Å²) in [5, 5.41) is 1.73. The van der Waals surface area contributed by atoms with Crippen molar-refractivity contribution in [2.75, 3.05) is 26.4 Å². The molecule has 2 rings (SSSR count).